The Balaban J connectivity index is 2.18. The SMILES string of the molecule is Cn1c(CCCCCN)nc2cccc(Cl)c21. The second-order valence-electron chi connectivity index (χ2n) is 4.29. The van der Waals surface area contributed by atoms with E-state index in [1.54, 1.807) is 0 Å². The van der Waals surface area contributed by atoms with Crippen LogP contribution in [-0.4, -0.2) is 16.1 Å². The van der Waals surface area contributed by atoms with Crippen molar-refractivity contribution in [2.45, 2.75) is 25.7 Å². The van der Waals surface area contributed by atoms with Crippen molar-refractivity contribution in [1.29, 1.82) is 0 Å². The quantitative estimate of drug-likeness (QED) is 0.831. The Morgan fingerprint density at radius 3 is 2.82 bits per heavy atom. The largest absolute Gasteiger partial charge is 0.330 e. The second-order valence-corrected chi connectivity index (χ2v) is 4.70. The van der Waals surface area contributed by atoms with Crippen molar-refractivity contribution in [3.63, 3.8) is 0 Å². The lowest BCUT2D eigenvalue weighted by Crippen LogP contribution is -2.01. The fourth-order valence-corrected chi connectivity index (χ4v) is 2.39. The summed E-state index contributed by atoms with van der Waals surface area (Å²) in [6.45, 7) is 0.772. The van der Waals surface area contributed by atoms with Crippen LogP contribution in [0.3, 0.4) is 0 Å². The molecule has 1 aromatic carbocycles. The Hall–Kier alpha value is -1.06. The number of imidazole rings is 1. The molecule has 0 saturated heterocycles. The molecular weight excluding hydrogens is 234 g/mol. The summed E-state index contributed by atoms with van der Waals surface area (Å²) in [5.41, 5.74) is 7.49. The van der Waals surface area contributed by atoms with E-state index in [1.807, 2.05) is 25.2 Å². The Morgan fingerprint density at radius 1 is 1.29 bits per heavy atom. The molecule has 4 heteroatoms. The van der Waals surface area contributed by atoms with Crippen LogP contribution in [0.25, 0.3) is 11.0 Å². The van der Waals surface area contributed by atoms with Gasteiger partial charge in [-0.05, 0) is 31.5 Å². The molecule has 0 radical (unpaired) electrons. The van der Waals surface area contributed by atoms with Crippen molar-refractivity contribution in [3.05, 3.63) is 29.0 Å². The summed E-state index contributed by atoms with van der Waals surface area (Å²) in [5, 5.41) is 0.769. The lowest BCUT2D eigenvalue weighted by Gasteiger charge is -2.02. The Labute approximate surface area is 107 Å². The zero-order chi connectivity index (χ0) is 12.3. The van der Waals surface area contributed by atoms with E-state index < -0.39 is 0 Å². The Bertz CT molecular complexity index is 505. The van der Waals surface area contributed by atoms with Crippen molar-refractivity contribution in [1.82, 2.24) is 9.55 Å². The van der Waals surface area contributed by atoms with Gasteiger partial charge in [0.15, 0.2) is 0 Å². The highest BCUT2D eigenvalue weighted by Crippen LogP contribution is 2.24. The van der Waals surface area contributed by atoms with E-state index in [4.69, 9.17) is 17.3 Å². The minimum atomic E-state index is 0.769. The van der Waals surface area contributed by atoms with E-state index in [-0.39, 0.29) is 0 Å². The maximum atomic E-state index is 6.18. The number of fused-ring (bicyclic) bond motifs is 1. The molecule has 17 heavy (non-hydrogen) atoms. The molecule has 3 nitrogen and oxygen atoms in total. The second kappa shape index (κ2) is 5.52. The molecule has 1 aromatic heterocycles. The van der Waals surface area contributed by atoms with E-state index >= 15 is 0 Å². The zero-order valence-electron chi connectivity index (χ0n) is 10.1. The fraction of sp³-hybridized carbons (Fsp3) is 0.462. The molecule has 0 spiro atoms. The van der Waals surface area contributed by atoms with Crippen molar-refractivity contribution < 1.29 is 0 Å². The van der Waals surface area contributed by atoms with Crippen LogP contribution in [0.4, 0.5) is 0 Å². The number of benzene rings is 1. The first-order valence-corrected chi connectivity index (χ1v) is 6.41. The fourth-order valence-electron chi connectivity index (χ4n) is 2.10. The van der Waals surface area contributed by atoms with Crippen LogP contribution in [0.15, 0.2) is 18.2 Å². The monoisotopic (exact) mass is 251 g/mol. The molecule has 0 fully saturated rings. The van der Waals surface area contributed by atoms with Crippen LogP contribution < -0.4 is 5.73 Å². The van der Waals surface area contributed by atoms with Gasteiger partial charge in [0.05, 0.1) is 16.1 Å². The number of nitrogens with zero attached hydrogens (tertiary/aromatic N) is 2. The van der Waals surface area contributed by atoms with Crippen molar-refractivity contribution >= 4 is 22.6 Å². The lowest BCUT2D eigenvalue weighted by molar-refractivity contribution is 0.656. The van der Waals surface area contributed by atoms with Crippen LogP contribution in [-0.2, 0) is 13.5 Å². The number of unbranched alkanes of at least 4 members (excludes halogenated alkanes) is 2. The number of hydrogen-bond acceptors (Lipinski definition) is 2. The smallest absolute Gasteiger partial charge is 0.109 e. The summed E-state index contributed by atoms with van der Waals surface area (Å²) >= 11 is 6.18. The number of aromatic nitrogens is 2. The Kier molecular flexibility index (Phi) is 4.02. The van der Waals surface area contributed by atoms with E-state index in [2.05, 4.69) is 9.55 Å². The maximum Gasteiger partial charge on any atom is 0.109 e. The summed E-state index contributed by atoms with van der Waals surface area (Å²) in [7, 11) is 2.03. The molecule has 0 unspecified atom stereocenters. The first-order valence-electron chi connectivity index (χ1n) is 6.04. The molecule has 92 valence electrons. The third-order valence-corrected chi connectivity index (χ3v) is 3.35. The van der Waals surface area contributed by atoms with Gasteiger partial charge in [-0.2, -0.15) is 0 Å². The molecule has 2 N–H and O–H groups in total. The average Bonchev–Trinajstić information content (AvgIpc) is 2.63. The molecule has 0 atom stereocenters. The highest BCUT2D eigenvalue weighted by molar-refractivity contribution is 6.35. The van der Waals surface area contributed by atoms with Gasteiger partial charge >= 0.3 is 0 Å². The van der Waals surface area contributed by atoms with Crippen LogP contribution in [0.5, 0.6) is 0 Å². The molecule has 2 rings (SSSR count). The average molecular weight is 252 g/mol. The van der Waals surface area contributed by atoms with Crippen molar-refractivity contribution in [2.75, 3.05) is 6.54 Å². The standard InChI is InChI=1S/C13H18ClN3/c1-17-12(8-3-2-4-9-15)16-11-7-5-6-10(14)13(11)17/h5-7H,2-4,8-9,15H2,1H3. The number of halogens is 1. The highest BCUT2D eigenvalue weighted by Gasteiger charge is 2.09. The lowest BCUT2D eigenvalue weighted by atomic mass is 10.2. The first-order chi connectivity index (χ1) is 8.24. The predicted octanol–water partition coefficient (Wildman–Crippen LogP) is 2.90. The van der Waals surface area contributed by atoms with Crippen LogP contribution in [0, 0.1) is 0 Å². The van der Waals surface area contributed by atoms with Gasteiger partial charge in [0.1, 0.15) is 5.82 Å². The van der Waals surface area contributed by atoms with Gasteiger partial charge in [0.2, 0.25) is 0 Å². The summed E-state index contributed by atoms with van der Waals surface area (Å²) in [5.74, 6) is 1.10. The molecule has 2 aromatic rings. The minimum Gasteiger partial charge on any atom is -0.330 e. The number of aryl methyl sites for hydroxylation is 2. The molecule has 0 saturated carbocycles. The molecule has 1 heterocycles. The van der Waals surface area contributed by atoms with E-state index in [0.29, 0.717) is 0 Å². The van der Waals surface area contributed by atoms with E-state index in [0.717, 1.165) is 54.1 Å². The van der Waals surface area contributed by atoms with Crippen LogP contribution >= 0.6 is 11.6 Å². The van der Waals surface area contributed by atoms with Gasteiger partial charge in [-0.3, -0.25) is 0 Å². The van der Waals surface area contributed by atoms with Crippen molar-refractivity contribution in [3.8, 4) is 0 Å². The van der Waals surface area contributed by atoms with Gasteiger partial charge in [0.25, 0.3) is 0 Å². The Morgan fingerprint density at radius 2 is 2.12 bits per heavy atom. The number of hydrogen-bond donors (Lipinski definition) is 1. The topological polar surface area (TPSA) is 43.8 Å². The molecule has 0 aliphatic heterocycles. The molecule has 0 aliphatic rings. The first kappa shape index (κ1) is 12.4. The van der Waals surface area contributed by atoms with Gasteiger partial charge in [-0.25, -0.2) is 4.98 Å². The number of para-hydroxylation sites is 1. The van der Waals surface area contributed by atoms with Crippen LogP contribution in [0.1, 0.15) is 25.1 Å². The molecule has 0 amide bonds. The molecule has 0 bridgehead atoms. The predicted molar refractivity (Wildman–Crippen MR) is 72.3 cm³/mol. The summed E-state index contributed by atoms with van der Waals surface area (Å²) in [4.78, 5) is 4.62. The summed E-state index contributed by atoms with van der Waals surface area (Å²) < 4.78 is 2.10. The normalized spacial score (nSPS) is 11.2. The van der Waals surface area contributed by atoms with Crippen molar-refractivity contribution in [2.24, 2.45) is 12.8 Å². The highest BCUT2D eigenvalue weighted by atomic mass is 35.5. The van der Waals surface area contributed by atoms with Gasteiger partial charge in [0, 0.05) is 13.5 Å². The maximum absolute atomic E-state index is 6.18. The van der Waals surface area contributed by atoms with Crippen LogP contribution in [0.2, 0.25) is 5.02 Å². The molecular formula is C13H18ClN3. The van der Waals surface area contributed by atoms with E-state index in [9.17, 15) is 0 Å². The number of rotatable bonds is 5. The van der Waals surface area contributed by atoms with Gasteiger partial charge < -0.3 is 10.3 Å². The third kappa shape index (κ3) is 2.61. The third-order valence-electron chi connectivity index (χ3n) is 3.04. The van der Waals surface area contributed by atoms with Gasteiger partial charge in [-0.1, -0.05) is 24.1 Å². The van der Waals surface area contributed by atoms with Gasteiger partial charge in [-0.15, -0.1) is 0 Å². The zero-order valence-corrected chi connectivity index (χ0v) is 10.9. The minimum absolute atomic E-state index is 0.769. The summed E-state index contributed by atoms with van der Waals surface area (Å²) in [6, 6.07) is 5.85. The molecule has 0 aliphatic carbocycles. The number of nitrogens with two attached hydrogens (primary N) is 1. The van der Waals surface area contributed by atoms with E-state index in [1.165, 1.54) is 0 Å². The summed E-state index contributed by atoms with van der Waals surface area (Å²) in [6.07, 6.45) is 4.37.